The molecule has 5 heteroatoms. The standard InChI is InChI=1S/C19H28N2O2.ClH/c1-23-17-6-2-4-15(12-17)14-8-10-21(11-9-14)19(22)13-16-5-3-7-18(16)20;/h2,4,6,12,14,16,18H,3,5,7-11,13,20H2,1H3;1H/t16-,18+;/m0./s1. The first kappa shape index (κ1) is 19.1. The second-order valence-electron chi connectivity index (χ2n) is 6.99. The van der Waals surface area contributed by atoms with Crippen molar-refractivity contribution in [1.29, 1.82) is 0 Å². The number of hydrogen-bond donors (Lipinski definition) is 1. The molecule has 1 saturated carbocycles. The number of methoxy groups -OCH3 is 1. The zero-order valence-electron chi connectivity index (χ0n) is 14.4. The predicted octanol–water partition coefficient (Wildman–Crippen LogP) is 3.34. The number of nitrogens with zero attached hydrogens (tertiary/aromatic N) is 1. The van der Waals surface area contributed by atoms with Crippen LogP contribution < -0.4 is 10.5 Å². The topological polar surface area (TPSA) is 55.6 Å². The monoisotopic (exact) mass is 352 g/mol. The van der Waals surface area contributed by atoms with Gasteiger partial charge in [-0.25, -0.2) is 0 Å². The Balaban J connectivity index is 0.00000208. The van der Waals surface area contributed by atoms with Gasteiger partial charge in [-0.1, -0.05) is 18.6 Å². The van der Waals surface area contributed by atoms with Gasteiger partial charge in [-0.05, 0) is 55.2 Å². The Morgan fingerprint density at radius 2 is 2.00 bits per heavy atom. The number of likely N-dealkylation sites (tertiary alicyclic amines) is 1. The number of carbonyl (C=O) groups excluding carboxylic acids is 1. The van der Waals surface area contributed by atoms with Gasteiger partial charge in [0.15, 0.2) is 0 Å². The number of rotatable bonds is 4. The fraction of sp³-hybridized carbons (Fsp3) is 0.632. The third-order valence-corrected chi connectivity index (χ3v) is 5.57. The summed E-state index contributed by atoms with van der Waals surface area (Å²) in [5.74, 6) is 2.15. The highest BCUT2D eigenvalue weighted by molar-refractivity contribution is 5.85. The molecule has 1 saturated heterocycles. The molecule has 0 radical (unpaired) electrons. The lowest BCUT2D eigenvalue weighted by molar-refractivity contribution is -0.133. The molecule has 0 unspecified atom stereocenters. The zero-order valence-corrected chi connectivity index (χ0v) is 15.3. The number of hydrogen-bond acceptors (Lipinski definition) is 3. The number of ether oxygens (including phenoxy) is 1. The molecule has 2 N–H and O–H groups in total. The lowest BCUT2D eigenvalue weighted by atomic mass is 9.89. The van der Waals surface area contributed by atoms with Crippen molar-refractivity contribution in [3.8, 4) is 5.75 Å². The van der Waals surface area contributed by atoms with Crippen LogP contribution in [-0.2, 0) is 4.79 Å². The third-order valence-electron chi connectivity index (χ3n) is 5.57. The van der Waals surface area contributed by atoms with Crippen LogP contribution in [0.5, 0.6) is 5.75 Å². The maximum atomic E-state index is 12.5. The van der Waals surface area contributed by atoms with Crippen molar-refractivity contribution in [1.82, 2.24) is 4.90 Å². The summed E-state index contributed by atoms with van der Waals surface area (Å²) in [6.07, 6.45) is 6.09. The van der Waals surface area contributed by atoms with Gasteiger partial charge in [0.05, 0.1) is 7.11 Å². The van der Waals surface area contributed by atoms with E-state index in [1.54, 1.807) is 7.11 Å². The highest BCUT2D eigenvalue weighted by Crippen LogP contribution is 2.32. The van der Waals surface area contributed by atoms with Crippen molar-refractivity contribution in [2.45, 2.75) is 50.5 Å². The van der Waals surface area contributed by atoms with Gasteiger partial charge in [-0.15, -0.1) is 12.4 Å². The third kappa shape index (κ3) is 4.42. The smallest absolute Gasteiger partial charge is 0.222 e. The summed E-state index contributed by atoms with van der Waals surface area (Å²) in [6, 6.07) is 8.55. The summed E-state index contributed by atoms with van der Waals surface area (Å²) in [4.78, 5) is 14.5. The van der Waals surface area contributed by atoms with Crippen molar-refractivity contribution in [3.05, 3.63) is 29.8 Å². The second-order valence-corrected chi connectivity index (χ2v) is 6.99. The first-order valence-electron chi connectivity index (χ1n) is 8.84. The van der Waals surface area contributed by atoms with E-state index < -0.39 is 0 Å². The van der Waals surface area contributed by atoms with Crippen LogP contribution in [0.4, 0.5) is 0 Å². The molecule has 1 heterocycles. The summed E-state index contributed by atoms with van der Waals surface area (Å²) in [7, 11) is 1.70. The van der Waals surface area contributed by atoms with Crippen LogP contribution in [0.15, 0.2) is 24.3 Å². The molecule has 1 aliphatic heterocycles. The normalized spacial score (nSPS) is 24.5. The molecule has 1 aromatic carbocycles. The summed E-state index contributed by atoms with van der Waals surface area (Å²) in [5.41, 5.74) is 7.43. The number of benzene rings is 1. The molecule has 134 valence electrons. The summed E-state index contributed by atoms with van der Waals surface area (Å²) < 4.78 is 5.31. The molecule has 2 aliphatic rings. The van der Waals surface area contributed by atoms with Gasteiger partial charge >= 0.3 is 0 Å². The van der Waals surface area contributed by atoms with Gasteiger partial charge in [-0.3, -0.25) is 4.79 Å². The molecule has 2 fully saturated rings. The largest absolute Gasteiger partial charge is 0.497 e. The van der Waals surface area contributed by atoms with Crippen molar-refractivity contribution in [2.24, 2.45) is 11.7 Å². The van der Waals surface area contributed by atoms with E-state index in [4.69, 9.17) is 10.5 Å². The molecule has 2 atom stereocenters. The quantitative estimate of drug-likeness (QED) is 0.904. The Kier molecular flexibility index (Phi) is 6.93. The average molecular weight is 353 g/mol. The minimum absolute atomic E-state index is 0. The molecule has 0 aromatic heterocycles. The number of amides is 1. The lowest BCUT2D eigenvalue weighted by Gasteiger charge is -2.33. The molecule has 0 bridgehead atoms. The highest BCUT2D eigenvalue weighted by atomic mass is 35.5. The second kappa shape index (κ2) is 8.72. The average Bonchev–Trinajstić information content (AvgIpc) is 3.00. The van der Waals surface area contributed by atoms with Crippen molar-refractivity contribution in [2.75, 3.05) is 20.2 Å². The van der Waals surface area contributed by atoms with Gasteiger partial charge in [0, 0.05) is 25.6 Å². The van der Waals surface area contributed by atoms with E-state index in [-0.39, 0.29) is 18.4 Å². The number of carbonyl (C=O) groups is 1. The Bertz CT molecular complexity index is 544. The van der Waals surface area contributed by atoms with E-state index in [0.29, 0.717) is 24.2 Å². The Morgan fingerprint density at radius 1 is 1.25 bits per heavy atom. The van der Waals surface area contributed by atoms with E-state index in [0.717, 1.165) is 44.5 Å². The van der Waals surface area contributed by atoms with Crippen LogP contribution >= 0.6 is 12.4 Å². The SMILES string of the molecule is COc1cccc(C2CCN(C(=O)C[C@@H]3CCC[C@H]3N)CC2)c1.Cl. The molecule has 3 rings (SSSR count). The van der Waals surface area contributed by atoms with Crippen LogP contribution in [0.3, 0.4) is 0 Å². The molecule has 4 nitrogen and oxygen atoms in total. The van der Waals surface area contributed by atoms with Crippen LogP contribution in [-0.4, -0.2) is 37.0 Å². The molecule has 1 aromatic rings. The van der Waals surface area contributed by atoms with Crippen LogP contribution in [0.25, 0.3) is 0 Å². The Hall–Kier alpha value is -1.26. The van der Waals surface area contributed by atoms with E-state index in [1.165, 1.54) is 12.0 Å². The lowest BCUT2D eigenvalue weighted by Crippen LogP contribution is -2.40. The first-order valence-corrected chi connectivity index (χ1v) is 8.84. The fourth-order valence-electron chi connectivity index (χ4n) is 4.03. The summed E-state index contributed by atoms with van der Waals surface area (Å²) >= 11 is 0. The summed E-state index contributed by atoms with van der Waals surface area (Å²) in [5, 5.41) is 0. The number of halogens is 1. The van der Waals surface area contributed by atoms with Gasteiger partial charge in [-0.2, -0.15) is 0 Å². The molecule has 1 amide bonds. The maximum Gasteiger partial charge on any atom is 0.222 e. The Morgan fingerprint density at radius 3 is 2.62 bits per heavy atom. The zero-order chi connectivity index (χ0) is 16.2. The molecule has 24 heavy (non-hydrogen) atoms. The van der Waals surface area contributed by atoms with E-state index in [1.807, 2.05) is 17.0 Å². The molecular weight excluding hydrogens is 324 g/mol. The highest BCUT2D eigenvalue weighted by Gasteiger charge is 2.30. The van der Waals surface area contributed by atoms with Gasteiger partial charge in [0.25, 0.3) is 0 Å². The first-order chi connectivity index (χ1) is 11.2. The minimum Gasteiger partial charge on any atom is -0.497 e. The fourth-order valence-corrected chi connectivity index (χ4v) is 4.03. The molecule has 0 spiro atoms. The van der Waals surface area contributed by atoms with Crippen molar-refractivity contribution in [3.63, 3.8) is 0 Å². The van der Waals surface area contributed by atoms with Crippen LogP contribution in [0.2, 0.25) is 0 Å². The number of piperidine rings is 1. The maximum absolute atomic E-state index is 12.5. The van der Waals surface area contributed by atoms with Crippen LogP contribution in [0, 0.1) is 5.92 Å². The molecule has 1 aliphatic carbocycles. The van der Waals surface area contributed by atoms with E-state index >= 15 is 0 Å². The van der Waals surface area contributed by atoms with Gasteiger partial charge < -0.3 is 15.4 Å². The predicted molar refractivity (Wildman–Crippen MR) is 98.7 cm³/mol. The van der Waals surface area contributed by atoms with Gasteiger partial charge in [0.1, 0.15) is 5.75 Å². The Labute approximate surface area is 151 Å². The van der Waals surface area contributed by atoms with Crippen molar-refractivity contribution >= 4 is 18.3 Å². The van der Waals surface area contributed by atoms with Crippen molar-refractivity contribution < 1.29 is 9.53 Å². The van der Waals surface area contributed by atoms with E-state index in [2.05, 4.69) is 12.1 Å². The summed E-state index contributed by atoms with van der Waals surface area (Å²) in [6.45, 7) is 1.73. The minimum atomic E-state index is 0. The van der Waals surface area contributed by atoms with E-state index in [9.17, 15) is 4.79 Å². The molecular formula is C19H29ClN2O2. The van der Waals surface area contributed by atoms with Crippen LogP contribution in [0.1, 0.15) is 50.0 Å². The number of nitrogens with two attached hydrogens (primary N) is 1. The van der Waals surface area contributed by atoms with Gasteiger partial charge in [0.2, 0.25) is 5.91 Å².